The second kappa shape index (κ2) is 5.79. The Kier molecular flexibility index (Phi) is 4.24. The van der Waals surface area contributed by atoms with Crippen LogP contribution in [0, 0.1) is 5.92 Å². The van der Waals surface area contributed by atoms with Gasteiger partial charge < -0.3 is 15.5 Å². The van der Waals surface area contributed by atoms with E-state index in [1.165, 1.54) is 6.07 Å². The molecule has 5 nitrogen and oxygen atoms in total. The fraction of sp³-hybridized carbons (Fsp3) is 0.538. The summed E-state index contributed by atoms with van der Waals surface area (Å²) < 4.78 is 42.9. The van der Waals surface area contributed by atoms with Gasteiger partial charge in [0, 0.05) is 12.1 Å². The zero-order chi connectivity index (χ0) is 15.6. The lowest BCUT2D eigenvalue weighted by Crippen LogP contribution is -2.41. The topological polar surface area (TPSA) is 85.3 Å². The summed E-state index contributed by atoms with van der Waals surface area (Å²) in [6.07, 6.45) is -2.31. The van der Waals surface area contributed by atoms with Gasteiger partial charge in [0.05, 0.1) is 11.5 Å². The lowest BCUT2D eigenvalue weighted by Gasteiger charge is -2.30. The minimum atomic E-state index is -4.24. The first-order valence-corrected chi connectivity index (χ1v) is 6.53. The maximum absolute atomic E-state index is 12.7. The molecule has 0 unspecified atom stereocenters. The molecule has 1 fully saturated rings. The molecule has 1 heterocycles. The van der Waals surface area contributed by atoms with Crippen molar-refractivity contribution < 1.29 is 27.2 Å². The van der Waals surface area contributed by atoms with Crippen molar-refractivity contribution in [1.82, 2.24) is 5.32 Å². The highest BCUT2D eigenvalue weighted by atomic mass is 19.4. The Morgan fingerprint density at radius 1 is 1.33 bits per heavy atom. The smallest absolute Gasteiger partial charge is 0.391 e. The lowest BCUT2D eigenvalue weighted by atomic mass is 9.85. The first-order valence-electron chi connectivity index (χ1n) is 6.53. The van der Waals surface area contributed by atoms with E-state index in [0.29, 0.717) is 12.8 Å². The number of carbonyl (C=O) groups excluding carboxylic acids is 2. The summed E-state index contributed by atoms with van der Waals surface area (Å²) in [6.45, 7) is 0. The minimum absolute atomic E-state index is 0.0675. The van der Waals surface area contributed by atoms with E-state index in [-0.39, 0.29) is 24.2 Å². The molecular formula is C13H15F3N2O3. The maximum Gasteiger partial charge on any atom is 0.391 e. The SMILES string of the molecule is NC(=O)c1cc(C(=O)N[C@H]2CCC[C@@H](C(F)(F)F)C2)co1. The Labute approximate surface area is 118 Å². The van der Waals surface area contributed by atoms with Crippen LogP contribution in [0.4, 0.5) is 13.2 Å². The van der Waals surface area contributed by atoms with Crippen molar-refractivity contribution in [2.45, 2.75) is 37.9 Å². The average Bonchev–Trinajstić information content (AvgIpc) is 2.88. The molecule has 1 aromatic heterocycles. The van der Waals surface area contributed by atoms with Gasteiger partial charge in [0.15, 0.2) is 5.76 Å². The molecule has 0 aliphatic heterocycles. The Balaban J connectivity index is 1.97. The monoisotopic (exact) mass is 304 g/mol. The van der Waals surface area contributed by atoms with Crippen LogP contribution in [0.15, 0.2) is 16.7 Å². The van der Waals surface area contributed by atoms with E-state index in [1.807, 2.05) is 0 Å². The number of nitrogens with two attached hydrogens (primary N) is 1. The highest BCUT2D eigenvalue weighted by molar-refractivity contribution is 5.97. The molecule has 0 bridgehead atoms. The van der Waals surface area contributed by atoms with Crippen LogP contribution in [-0.2, 0) is 0 Å². The lowest BCUT2D eigenvalue weighted by molar-refractivity contribution is -0.183. The Morgan fingerprint density at radius 2 is 2.05 bits per heavy atom. The van der Waals surface area contributed by atoms with Gasteiger partial charge in [-0.25, -0.2) is 0 Å². The predicted octanol–water partition coefficient (Wildman–Crippen LogP) is 2.23. The number of amides is 2. The van der Waals surface area contributed by atoms with Crippen molar-refractivity contribution in [2.75, 3.05) is 0 Å². The van der Waals surface area contributed by atoms with Gasteiger partial charge in [-0.3, -0.25) is 9.59 Å². The van der Waals surface area contributed by atoms with Crippen LogP contribution in [0.1, 0.15) is 46.6 Å². The van der Waals surface area contributed by atoms with Gasteiger partial charge in [-0.1, -0.05) is 6.42 Å². The molecule has 0 spiro atoms. The van der Waals surface area contributed by atoms with Crippen LogP contribution in [0.25, 0.3) is 0 Å². The van der Waals surface area contributed by atoms with E-state index in [9.17, 15) is 22.8 Å². The summed E-state index contributed by atoms with van der Waals surface area (Å²) in [5.74, 6) is -2.94. The summed E-state index contributed by atoms with van der Waals surface area (Å²) in [5, 5.41) is 2.54. The molecule has 0 saturated heterocycles. The largest absolute Gasteiger partial charge is 0.458 e. The number of alkyl halides is 3. The molecule has 0 aromatic carbocycles. The van der Waals surface area contributed by atoms with Gasteiger partial charge in [-0.15, -0.1) is 0 Å². The van der Waals surface area contributed by atoms with Crippen molar-refractivity contribution in [2.24, 2.45) is 11.7 Å². The fourth-order valence-corrected chi connectivity index (χ4v) is 2.47. The number of hydrogen-bond acceptors (Lipinski definition) is 3. The quantitative estimate of drug-likeness (QED) is 0.898. The summed E-state index contributed by atoms with van der Waals surface area (Å²) in [5.41, 5.74) is 5.06. The van der Waals surface area contributed by atoms with E-state index >= 15 is 0 Å². The maximum atomic E-state index is 12.7. The number of nitrogens with one attached hydrogen (secondary N) is 1. The third kappa shape index (κ3) is 3.77. The van der Waals surface area contributed by atoms with E-state index < -0.39 is 30.0 Å². The fourth-order valence-electron chi connectivity index (χ4n) is 2.47. The van der Waals surface area contributed by atoms with Crippen LogP contribution in [0.2, 0.25) is 0 Å². The molecule has 1 aromatic rings. The number of furan rings is 1. The van der Waals surface area contributed by atoms with Gasteiger partial charge in [0.1, 0.15) is 6.26 Å². The Morgan fingerprint density at radius 3 is 2.62 bits per heavy atom. The summed E-state index contributed by atoms with van der Waals surface area (Å²) in [4.78, 5) is 22.8. The molecule has 1 saturated carbocycles. The Bertz CT molecular complexity index is 539. The number of primary amides is 1. The third-order valence-corrected chi connectivity index (χ3v) is 3.58. The van der Waals surface area contributed by atoms with Gasteiger partial charge in [0.2, 0.25) is 0 Å². The molecule has 116 valence electrons. The van der Waals surface area contributed by atoms with Crippen molar-refractivity contribution in [3.8, 4) is 0 Å². The van der Waals surface area contributed by atoms with Crippen LogP contribution in [-0.4, -0.2) is 24.0 Å². The average molecular weight is 304 g/mol. The first-order chi connectivity index (χ1) is 9.77. The van der Waals surface area contributed by atoms with Crippen molar-refractivity contribution >= 4 is 11.8 Å². The molecule has 1 aliphatic rings. The zero-order valence-corrected chi connectivity index (χ0v) is 11.1. The molecule has 0 radical (unpaired) electrons. The standard InChI is InChI=1S/C13H15F3N2O3/c14-13(15,16)8-2-1-3-9(5-8)18-12(20)7-4-10(11(17)19)21-6-7/h4,6,8-9H,1-3,5H2,(H2,17,19)(H,18,20)/t8-,9+/m1/s1. The highest BCUT2D eigenvalue weighted by Crippen LogP contribution is 2.37. The second-order valence-corrected chi connectivity index (χ2v) is 5.14. The molecule has 2 atom stereocenters. The normalized spacial score (nSPS) is 22.8. The minimum Gasteiger partial charge on any atom is -0.458 e. The third-order valence-electron chi connectivity index (χ3n) is 3.58. The van der Waals surface area contributed by atoms with Gasteiger partial charge in [0.25, 0.3) is 11.8 Å². The predicted molar refractivity (Wildman–Crippen MR) is 66.5 cm³/mol. The van der Waals surface area contributed by atoms with Crippen molar-refractivity contribution in [3.05, 3.63) is 23.7 Å². The number of halogens is 3. The number of carbonyl (C=O) groups is 2. The van der Waals surface area contributed by atoms with Crippen molar-refractivity contribution in [1.29, 1.82) is 0 Å². The molecule has 2 amide bonds. The summed E-state index contributed by atoms with van der Waals surface area (Å²) in [7, 11) is 0. The van der Waals surface area contributed by atoms with Crippen LogP contribution < -0.4 is 11.1 Å². The van der Waals surface area contributed by atoms with E-state index in [4.69, 9.17) is 10.2 Å². The van der Waals surface area contributed by atoms with Crippen LogP contribution in [0.3, 0.4) is 0 Å². The molecule has 3 N–H and O–H groups in total. The molecule has 1 aliphatic carbocycles. The summed E-state index contributed by atoms with van der Waals surface area (Å²) >= 11 is 0. The van der Waals surface area contributed by atoms with E-state index in [0.717, 1.165) is 6.26 Å². The summed E-state index contributed by atoms with van der Waals surface area (Å²) in [6, 6.07) is 0.631. The molecule has 2 rings (SSSR count). The van der Waals surface area contributed by atoms with Crippen LogP contribution in [0.5, 0.6) is 0 Å². The van der Waals surface area contributed by atoms with Gasteiger partial charge in [-0.05, 0) is 19.3 Å². The zero-order valence-electron chi connectivity index (χ0n) is 11.1. The van der Waals surface area contributed by atoms with E-state index in [2.05, 4.69) is 5.32 Å². The number of rotatable bonds is 3. The van der Waals surface area contributed by atoms with Gasteiger partial charge in [-0.2, -0.15) is 13.2 Å². The van der Waals surface area contributed by atoms with Crippen molar-refractivity contribution in [3.63, 3.8) is 0 Å². The molecule has 8 heteroatoms. The van der Waals surface area contributed by atoms with Crippen LogP contribution >= 0.6 is 0 Å². The first kappa shape index (κ1) is 15.4. The van der Waals surface area contributed by atoms with E-state index in [1.54, 1.807) is 0 Å². The molecule has 21 heavy (non-hydrogen) atoms. The number of hydrogen-bond donors (Lipinski definition) is 2. The Hall–Kier alpha value is -1.99. The highest BCUT2D eigenvalue weighted by Gasteiger charge is 2.42. The molecular weight excluding hydrogens is 289 g/mol. The van der Waals surface area contributed by atoms with Gasteiger partial charge >= 0.3 is 6.18 Å². The second-order valence-electron chi connectivity index (χ2n) is 5.14.